The van der Waals surface area contributed by atoms with Crippen LogP contribution in [-0.4, -0.2) is 34.2 Å². The maximum absolute atomic E-state index is 12.8. The molecule has 1 N–H and O–H groups in total. The van der Waals surface area contributed by atoms with Crippen molar-refractivity contribution in [3.05, 3.63) is 58.1 Å². The summed E-state index contributed by atoms with van der Waals surface area (Å²) in [5.41, 5.74) is 5.40. The molecule has 7 heteroatoms. The van der Waals surface area contributed by atoms with E-state index in [1.807, 2.05) is 45.9 Å². The van der Waals surface area contributed by atoms with Gasteiger partial charge < -0.3 is 10.1 Å². The van der Waals surface area contributed by atoms with Gasteiger partial charge in [0.2, 0.25) is 15.9 Å². The van der Waals surface area contributed by atoms with E-state index in [0.29, 0.717) is 5.69 Å². The van der Waals surface area contributed by atoms with Crippen molar-refractivity contribution >= 4 is 21.6 Å². The second-order valence-corrected chi connectivity index (χ2v) is 10.4. The van der Waals surface area contributed by atoms with E-state index in [1.54, 1.807) is 13.2 Å². The van der Waals surface area contributed by atoms with Crippen molar-refractivity contribution < 1.29 is 17.9 Å². The van der Waals surface area contributed by atoms with E-state index in [2.05, 4.69) is 25.2 Å². The summed E-state index contributed by atoms with van der Waals surface area (Å²) in [6.07, 6.45) is 1.12. The largest absolute Gasteiger partial charge is 0.496 e. The number of methoxy groups -OCH3 is 1. The Bertz CT molecular complexity index is 1060. The fourth-order valence-electron chi connectivity index (χ4n) is 3.77. The Balaban J connectivity index is 2.28. The Morgan fingerprint density at radius 2 is 1.68 bits per heavy atom. The third kappa shape index (κ3) is 6.00. The highest BCUT2D eigenvalue weighted by Crippen LogP contribution is 2.32. The first kappa shape index (κ1) is 24.7. The lowest BCUT2D eigenvalue weighted by molar-refractivity contribution is -0.120. The summed E-state index contributed by atoms with van der Waals surface area (Å²) >= 11 is 0. The van der Waals surface area contributed by atoms with Crippen molar-refractivity contribution in [3.63, 3.8) is 0 Å². The number of benzene rings is 2. The number of carbonyl (C=O) groups excluding carboxylic acids is 1. The molecule has 2 aromatic carbocycles. The van der Waals surface area contributed by atoms with E-state index >= 15 is 0 Å². The highest BCUT2D eigenvalue weighted by atomic mass is 32.2. The van der Waals surface area contributed by atoms with Crippen LogP contribution in [0, 0.1) is 20.8 Å². The molecule has 0 saturated carbocycles. The minimum atomic E-state index is -3.63. The summed E-state index contributed by atoms with van der Waals surface area (Å²) in [5, 5.41) is 2.96. The van der Waals surface area contributed by atoms with Crippen molar-refractivity contribution in [2.75, 3.05) is 24.2 Å². The third-order valence-electron chi connectivity index (χ3n) is 5.39. The van der Waals surface area contributed by atoms with Crippen LogP contribution in [0.4, 0.5) is 5.69 Å². The normalized spacial score (nSPS) is 12.5. The second-order valence-electron chi connectivity index (χ2n) is 8.45. The molecule has 0 heterocycles. The molecule has 31 heavy (non-hydrogen) atoms. The lowest BCUT2D eigenvalue weighted by Crippen LogP contribution is -2.41. The Hall–Kier alpha value is -2.54. The number of amides is 1. The van der Waals surface area contributed by atoms with Crippen LogP contribution in [0.1, 0.15) is 60.5 Å². The third-order valence-corrected chi connectivity index (χ3v) is 6.52. The van der Waals surface area contributed by atoms with Gasteiger partial charge in [-0.05, 0) is 74.1 Å². The molecule has 0 fully saturated rings. The Morgan fingerprint density at radius 3 is 2.19 bits per heavy atom. The summed E-state index contributed by atoms with van der Waals surface area (Å²) in [7, 11) is -1.98. The van der Waals surface area contributed by atoms with Gasteiger partial charge in [0.05, 0.1) is 25.1 Å². The lowest BCUT2D eigenvalue weighted by Gasteiger charge is -2.26. The summed E-state index contributed by atoms with van der Waals surface area (Å²) < 4.78 is 31.5. The second kappa shape index (κ2) is 9.73. The zero-order valence-corrected chi connectivity index (χ0v) is 20.6. The molecule has 0 spiro atoms. The number of hydrogen-bond acceptors (Lipinski definition) is 4. The van der Waals surface area contributed by atoms with Crippen LogP contribution >= 0.6 is 0 Å². The van der Waals surface area contributed by atoms with Crippen molar-refractivity contribution in [1.82, 2.24) is 5.32 Å². The number of nitrogens with zero attached hydrogens (tertiary/aromatic N) is 1. The van der Waals surface area contributed by atoms with Gasteiger partial charge in [-0.25, -0.2) is 8.42 Å². The zero-order valence-electron chi connectivity index (χ0n) is 19.7. The molecular weight excluding hydrogens is 412 g/mol. The molecule has 0 aromatic heterocycles. The van der Waals surface area contributed by atoms with E-state index in [-0.39, 0.29) is 24.4 Å². The average Bonchev–Trinajstić information content (AvgIpc) is 2.65. The number of aryl methyl sites for hydroxylation is 3. The first-order valence-corrected chi connectivity index (χ1v) is 12.2. The number of nitrogens with one attached hydrogen (secondary N) is 1. The maximum atomic E-state index is 12.8. The average molecular weight is 447 g/mol. The first-order valence-electron chi connectivity index (χ1n) is 10.4. The quantitative estimate of drug-likeness (QED) is 0.653. The molecule has 2 rings (SSSR count). The number of sulfonamides is 1. The van der Waals surface area contributed by atoms with Gasteiger partial charge in [-0.3, -0.25) is 9.10 Å². The number of ether oxygens (including phenoxy) is 1. The number of rotatable bonds is 8. The summed E-state index contributed by atoms with van der Waals surface area (Å²) in [5.74, 6) is 0.731. The molecule has 0 bridgehead atoms. The van der Waals surface area contributed by atoms with Gasteiger partial charge in [0.15, 0.2) is 0 Å². The van der Waals surface area contributed by atoms with E-state index in [4.69, 9.17) is 4.74 Å². The molecule has 170 valence electrons. The van der Waals surface area contributed by atoms with E-state index in [1.165, 1.54) is 0 Å². The molecule has 0 unspecified atom stereocenters. The monoisotopic (exact) mass is 446 g/mol. The molecule has 0 saturated heterocycles. The van der Waals surface area contributed by atoms with Gasteiger partial charge in [-0.2, -0.15) is 0 Å². The van der Waals surface area contributed by atoms with Gasteiger partial charge in [0.25, 0.3) is 0 Å². The molecule has 0 aliphatic heterocycles. The topological polar surface area (TPSA) is 75.7 Å². The molecule has 6 nitrogen and oxygen atoms in total. The van der Waals surface area contributed by atoms with Crippen LogP contribution in [0.3, 0.4) is 0 Å². The van der Waals surface area contributed by atoms with E-state index < -0.39 is 10.0 Å². The molecule has 2 aromatic rings. The van der Waals surface area contributed by atoms with Gasteiger partial charge in [0, 0.05) is 0 Å². The smallest absolute Gasteiger partial charge is 0.241 e. The first-order chi connectivity index (χ1) is 14.3. The summed E-state index contributed by atoms with van der Waals surface area (Å²) in [4.78, 5) is 12.8. The minimum Gasteiger partial charge on any atom is -0.496 e. The van der Waals surface area contributed by atoms with Crippen molar-refractivity contribution in [1.29, 1.82) is 0 Å². The van der Waals surface area contributed by atoms with Crippen molar-refractivity contribution in [2.45, 2.75) is 53.5 Å². The van der Waals surface area contributed by atoms with Gasteiger partial charge in [-0.15, -0.1) is 0 Å². The molecule has 0 radical (unpaired) electrons. The number of anilines is 1. The fourth-order valence-corrected chi connectivity index (χ4v) is 4.69. The lowest BCUT2D eigenvalue weighted by atomic mass is 9.93. The maximum Gasteiger partial charge on any atom is 0.241 e. The van der Waals surface area contributed by atoms with Crippen molar-refractivity contribution in [3.8, 4) is 5.75 Å². The highest BCUT2D eigenvalue weighted by molar-refractivity contribution is 7.92. The summed E-state index contributed by atoms with van der Waals surface area (Å²) in [6.45, 7) is 11.6. The number of hydrogen-bond donors (Lipinski definition) is 1. The SMILES string of the molecule is COc1cc(C)c([C@@H](C)NC(=O)CN(c2ccc(C)cc2C)S(C)(=O)=O)cc1C(C)C. The van der Waals surface area contributed by atoms with E-state index in [9.17, 15) is 13.2 Å². The van der Waals surface area contributed by atoms with Gasteiger partial charge in [0.1, 0.15) is 12.3 Å². The van der Waals surface area contributed by atoms with Crippen LogP contribution < -0.4 is 14.4 Å². The van der Waals surface area contributed by atoms with E-state index in [0.717, 1.165) is 44.1 Å². The predicted octanol–water partition coefficient (Wildman–Crippen LogP) is 4.39. The molecule has 0 aliphatic carbocycles. The molecule has 0 aliphatic rings. The summed E-state index contributed by atoms with van der Waals surface area (Å²) in [6, 6.07) is 9.24. The number of carbonyl (C=O) groups is 1. The highest BCUT2D eigenvalue weighted by Gasteiger charge is 2.24. The van der Waals surface area contributed by atoms with Crippen molar-refractivity contribution in [2.24, 2.45) is 0 Å². The van der Waals surface area contributed by atoms with Crippen LogP contribution in [0.15, 0.2) is 30.3 Å². The minimum absolute atomic E-state index is 0.266. The van der Waals surface area contributed by atoms with Crippen LogP contribution in [0.25, 0.3) is 0 Å². The fraction of sp³-hybridized carbons (Fsp3) is 0.458. The Kier molecular flexibility index (Phi) is 7.76. The Labute approximate surface area is 186 Å². The zero-order chi connectivity index (χ0) is 23.5. The van der Waals surface area contributed by atoms with Gasteiger partial charge >= 0.3 is 0 Å². The molecular formula is C24H34N2O4S. The van der Waals surface area contributed by atoms with Crippen LogP contribution in [0.5, 0.6) is 5.75 Å². The standard InChI is InChI=1S/C24H34N2O4S/c1-15(2)20-13-21(17(4)12-23(20)30-7)19(6)25-24(27)14-26(31(8,28)29)22-10-9-16(3)11-18(22)5/h9-13,15,19H,14H2,1-8H3,(H,25,27)/t19-/m1/s1. The predicted molar refractivity (Wildman–Crippen MR) is 126 cm³/mol. The van der Waals surface area contributed by atoms with Crippen LogP contribution in [0.2, 0.25) is 0 Å². The van der Waals surface area contributed by atoms with Crippen LogP contribution in [-0.2, 0) is 14.8 Å². The Morgan fingerprint density at radius 1 is 1.03 bits per heavy atom. The molecule has 1 atom stereocenters. The van der Waals surface area contributed by atoms with Gasteiger partial charge in [-0.1, -0.05) is 31.5 Å². The molecule has 1 amide bonds.